The molecule has 1 fully saturated rings. The maximum absolute atomic E-state index is 15.0. The van der Waals surface area contributed by atoms with Gasteiger partial charge in [0.2, 0.25) is 17.6 Å². The molecule has 0 saturated carbocycles. The van der Waals surface area contributed by atoms with E-state index in [-0.39, 0.29) is 69.5 Å². The number of hydrogen-bond acceptors (Lipinski definition) is 8. The number of Topliss-reactive ketones (excluding diaryl/α,β-unsaturated/α-hetero) is 1. The van der Waals surface area contributed by atoms with Gasteiger partial charge in [-0.05, 0) is 100 Å². The van der Waals surface area contributed by atoms with Gasteiger partial charge in [-0.2, -0.15) is 23.5 Å². The number of fused-ring (bicyclic) bond motifs is 2. The molecule has 2 aliphatic heterocycles. The Morgan fingerprint density at radius 1 is 0.649 bits per heavy atom. The molecule has 8 nitrogen and oxygen atoms in total. The van der Waals surface area contributed by atoms with Gasteiger partial charge >= 0.3 is 0 Å². The number of rotatable bonds is 34. The first-order chi connectivity index (χ1) is 35.5. The minimum Gasteiger partial charge on any atom is -0.506 e. The molecule has 4 aliphatic rings. The van der Waals surface area contributed by atoms with Gasteiger partial charge in [-0.3, -0.25) is 14.4 Å². The van der Waals surface area contributed by atoms with Crippen molar-refractivity contribution in [1.82, 2.24) is 4.90 Å². The summed E-state index contributed by atoms with van der Waals surface area (Å²) < 4.78 is 0. The summed E-state index contributed by atoms with van der Waals surface area (Å²) in [5.41, 5.74) is 6.13. The van der Waals surface area contributed by atoms with E-state index in [1.54, 1.807) is 0 Å². The van der Waals surface area contributed by atoms with Crippen LogP contribution in [0.1, 0.15) is 248 Å². The lowest BCUT2D eigenvalue weighted by Crippen LogP contribution is -2.43. The van der Waals surface area contributed by atoms with Gasteiger partial charge in [-0.1, -0.05) is 171 Å². The molecule has 4 unspecified atom stereocenters. The lowest BCUT2D eigenvalue weighted by molar-refractivity contribution is -0.117. The van der Waals surface area contributed by atoms with Crippen molar-refractivity contribution >= 4 is 63.8 Å². The fourth-order valence-electron chi connectivity index (χ4n) is 11.6. The molecule has 4 atom stereocenters. The van der Waals surface area contributed by atoms with Crippen LogP contribution in [0.25, 0.3) is 5.57 Å². The minimum absolute atomic E-state index is 0.0969. The normalized spacial score (nSPS) is 21.2. The van der Waals surface area contributed by atoms with Gasteiger partial charge < -0.3 is 20.2 Å². The molecule has 5 rings (SSSR count). The molecular weight excluding hydrogens is 953 g/mol. The molecule has 1 aromatic rings. The Kier molecular flexibility index (Phi) is 25.0. The van der Waals surface area contributed by atoms with E-state index in [0.717, 1.165) is 59.0 Å². The molecule has 2 amide bonds. The summed E-state index contributed by atoms with van der Waals surface area (Å²) in [6.45, 7) is 26.9. The van der Waals surface area contributed by atoms with E-state index in [2.05, 4.69) is 110 Å². The molecule has 0 spiro atoms. The number of hydrogen-bond donors (Lipinski definition) is 2. The van der Waals surface area contributed by atoms with Gasteiger partial charge in [0.15, 0.2) is 0 Å². The van der Waals surface area contributed by atoms with Gasteiger partial charge in [0, 0.05) is 81.9 Å². The Labute approximate surface area is 459 Å². The Bertz CT molecular complexity index is 2200. The number of aliphatic hydroxyl groups excluding tert-OH is 1. The smallest absolute Gasteiger partial charge is 0.247 e. The number of benzene rings is 1. The Hall–Kier alpha value is -3.24. The molecular formula is C64H102N4O4S2. The van der Waals surface area contributed by atoms with Crippen molar-refractivity contribution in [2.24, 2.45) is 10.4 Å². The first kappa shape index (κ1) is 61.6. The second-order valence-corrected chi connectivity index (χ2v) is 25.9. The number of likely N-dealkylation sites (tertiary alicyclic amines) is 1. The molecule has 74 heavy (non-hydrogen) atoms. The minimum atomic E-state index is -0.300. The van der Waals surface area contributed by atoms with E-state index >= 15 is 4.79 Å². The van der Waals surface area contributed by atoms with Crippen LogP contribution in [0.5, 0.6) is 0 Å². The Morgan fingerprint density at radius 3 is 1.65 bits per heavy atom. The molecule has 0 aromatic heterocycles. The van der Waals surface area contributed by atoms with Crippen molar-refractivity contribution in [3.63, 3.8) is 0 Å². The van der Waals surface area contributed by atoms with E-state index in [4.69, 9.17) is 4.99 Å². The van der Waals surface area contributed by atoms with Crippen LogP contribution >= 0.6 is 23.5 Å². The Morgan fingerprint density at radius 2 is 1.14 bits per heavy atom. The number of unbranched alkanes of at least 4 members (excludes halogenated alkanes) is 18. The molecule has 2 N–H and O–H groups in total. The number of aliphatic imine (C=N–C) groups is 1. The first-order valence-corrected chi connectivity index (χ1v) is 32.3. The number of carbonyl (C=O) groups is 3. The summed E-state index contributed by atoms with van der Waals surface area (Å²) in [4.78, 5) is 52.5. The van der Waals surface area contributed by atoms with Gasteiger partial charge in [-0.15, -0.1) is 0 Å². The molecule has 414 valence electrons. The summed E-state index contributed by atoms with van der Waals surface area (Å²) in [5.74, 6) is 2.78. The predicted molar refractivity (Wildman–Crippen MR) is 322 cm³/mol. The lowest BCUT2D eigenvalue weighted by atomic mass is 9.73. The predicted octanol–water partition coefficient (Wildman–Crippen LogP) is 17.5. The van der Waals surface area contributed by atoms with Gasteiger partial charge in [0.1, 0.15) is 5.76 Å². The van der Waals surface area contributed by atoms with Crippen LogP contribution < -0.4 is 10.2 Å². The number of nitrogens with zero attached hydrogens (tertiary/aromatic N) is 3. The summed E-state index contributed by atoms with van der Waals surface area (Å²) in [6.07, 6.45) is 32.8. The maximum atomic E-state index is 15.0. The third-order valence-electron chi connectivity index (χ3n) is 17.5. The van der Waals surface area contributed by atoms with E-state index in [1.165, 1.54) is 122 Å². The fourth-order valence-corrected chi connectivity index (χ4v) is 13.5. The highest BCUT2D eigenvalue weighted by molar-refractivity contribution is 7.99. The van der Waals surface area contributed by atoms with Crippen LogP contribution in [0.2, 0.25) is 0 Å². The number of allylic oxidation sites excluding steroid dienone is 6. The number of amides is 2. The van der Waals surface area contributed by atoms with Crippen molar-refractivity contribution < 1.29 is 19.5 Å². The third-order valence-corrected chi connectivity index (χ3v) is 19.6. The number of carbonyl (C=O) groups excluding carboxylic acids is 3. The quantitative estimate of drug-likeness (QED) is 0.0520. The molecule has 0 bridgehead atoms. The van der Waals surface area contributed by atoms with Crippen molar-refractivity contribution in [3.8, 4) is 0 Å². The van der Waals surface area contributed by atoms with Crippen molar-refractivity contribution in [2.45, 2.75) is 267 Å². The second kappa shape index (κ2) is 30.1. The zero-order chi connectivity index (χ0) is 54.0. The SMILES string of the molecule is CCCCCCCCCCCCSCCC(=O)N=C1C=C2C(=C/C1=C1/C(=O)C(c3cc4c(cc3NC(=O)CCSCCCCCCCCCCCC)N(C(C)CC)C(C)C4(C)C)=C1O)C(C)(C)C(C)N2C(C)CC. The molecule has 2 heterocycles. The number of anilines is 2. The topological polar surface area (TPSA) is 102 Å². The summed E-state index contributed by atoms with van der Waals surface area (Å²) in [5, 5.41) is 15.7. The van der Waals surface area contributed by atoms with Gasteiger partial charge in [0.05, 0.1) is 22.5 Å². The van der Waals surface area contributed by atoms with Crippen LogP contribution in [-0.2, 0) is 19.8 Å². The van der Waals surface area contributed by atoms with Gasteiger partial charge in [-0.25, -0.2) is 4.99 Å². The lowest BCUT2D eigenvalue weighted by Gasteiger charge is -2.35. The van der Waals surface area contributed by atoms with Crippen LogP contribution in [-0.4, -0.2) is 80.5 Å². The number of thioether (sulfide) groups is 2. The van der Waals surface area contributed by atoms with Crippen LogP contribution in [0.4, 0.5) is 11.4 Å². The van der Waals surface area contributed by atoms with Crippen LogP contribution in [0.15, 0.2) is 57.5 Å². The highest BCUT2D eigenvalue weighted by atomic mass is 32.2. The van der Waals surface area contributed by atoms with Crippen LogP contribution in [0.3, 0.4) is 0 Å². The first-order valence-electron chi connectivity index (χ1n) is 30.0. The zero-order valence-corrected chi connectivity index (χ0v) is 50.4. The second-order valence-electron chi connectivity index (χ2n) is 23.5. The number of nitrogens with one attached hydrogen (secondary N) is 1. The average molecular weight is 1060 g/mol. The zero-order valence-electron chi connectivity index (χ0n) is 48.7. The summed E-state index contributed by atoms with van der Waals surface area (Å²) >= 11 is 3.66. The van der Waals surface area contributed by atoms with Crippen molar-refractivity contribution in [1.29, 1.82) is 0 Å². The molecule has 0 radical (unpaired) electrons. The Balaban J connectivity index is 1.39. The number of aliphatic hydroxyl groups is 1. The van der Waals surface area contributed by atoms with Gasteiger partial charge in [0.25, 0.3) is 0 Å². The van der Waals surface area contributed by atoms with E-state index in [1.807, 2.05) is 35.7 Å². The molecule has 10 heteroatoms. The van der Waals surface area contributed by atoms with Crippen molar-refractivity contribution in [3.05, 3.63) is 63.6 Å². The van der Waals surface area contributed by atoms with E-state index in [9.17, 15) is 14.7 Å². The van der Waals surface area contributed by atoms with E-state index < -0.39 is 0 Å². The van der Waals surface area contributed by atoms with E-state index in [0.29, 0.717) is 41.1 Å². The standard InChI is InChI=1S/C64H102N4O4S2/c1-13-17-19-21-23-25-27-29-31-33-37-73-39-35-57(69)65-53-43-55-51(63(9,10)47(7)67(55)45(5)15-3)41-49(53)59-61(71)60(62(59)72)50-42-52-56(68(46(6)16-4)48(8)64(52,11)12)44-54(50)66-58(70)36-40-74-38-34-32-30-28-26-24-22-20-18-14-2/h41-48,71H,13-40H2,1-12H3,(H,65,69)/b60-50-,66-54?. The maximum Gasteiger partial charge on any atom is 0.247 e. The monoisotopic (exact) mass is 1050 g/mol. The highest BCUT2D eigenvalue weighted by Gasteiger charge is 2.50. The summed E-state index contributed by atoms with van der Waals surface area (Å²) in [6, 6.07) is 4.95. The molecule has 2 aliphatic carbocycles. The third kappa shape index (κ3) is 15.5. The largest absolute Gasteiger partial charge is 0.506 e. The molecule has 1 saturated heterocycles. The number of ketones is 1. The van der Waals surface area contributed by atoms with Crippen molar-refractivity contribution in [2.75, 3.05) is 33.2 Å². The highest BCUT2D eigenvalue weighted by Crippen LogP contribution is 2.54. The average Bonchev–Trinajstić information content (AvgIpc) is 3.69. The van der Waals surface area contributed by atoms with Crippen LogP contribution in [0, 0.1) is 5.41 Å². The molecule has 1 aromatic carbocycles. The summed E-state index contributed by atoms with van der Waals surface area (Å²) in [7, 11) is 0. The fraction of sp³-hybridized carbons (Fsp3) is 0.719.